The Morgan fingerprint density at radius 2 is 2.24 bits per heavy atom. The highest BCUT2D eigenvalue weighted by Gasteiger charge is 2.09. The van der Waals surface area contributed by atoms with Crippen LogP contribution in [0.4, 0.5) is 5.13 Å². The molecular formula is C11H12N4OS. The lowest BCUT2D eigenvalue weighted by atomic mass is 10.1. The number of aromatic nitrogens is 3. The highest BCUT2D eigenvalue weighted by molar-refractivity contribution is 7.15. The molecule has 0 aliphatic rings. The van der Waals surface area contributed by atoms with E-state index >= 15 is 0 Å². The summed E-state index contributed by atoms with van der Waals surface area (Å²) in [6.07, 6.45) is 4.15. The number of amides is 1. The minimum absolute atomic E-state index is 0.205. The minimum atomic E-state index is -0.205. The summed E-state index contributed by atoms with van der Waals surface area (Å²) in [6, 6.07) is 1.83. The van der Waals surface area contributed by atoms with Gasteiger partial charge in [0.2, 0.25) is 5.13 Å². The molecular weight excluding hydrogens is 236 g/mol. The Morgan fingerprint density at radius 3 is 2.88 bits per heavy atom. The molecule has 0 fully saturated rings. The van der Waals surface area contributed by atoms with E-state index in [-0.39, 0.29) is 5.91 Å². The van der Waals surface area contributed by atoms with E-state index < -0.39 is 0 Å². The first-order chi connectivity index (χ1) is 8.19. The third-order valence-corrected chi connectivity index (χ3v) is 2.97. The molecule has 0 saturated heterocycles. The van der Waals surface area contributed by atoms with Crippen molar-refractivity contribution < 1.29 is 4.79 Å². The van der Waals surface area contributed by atoms with Crippen molar-refractivity contribution in [1.82, 2.24) is 15.2 Å². The van der Waals surface area contributed by atoms with Crippen molar-refractivity contribution >= 4 is 22.4 Å². The average molecular weight is 248 g/mol. The van der Waals surface area contributed by atoms with Gasteiger partial charge in [0.15, 0.2) is 0 Å². The summed E-state index contributed by atoms with van der Waals surface area (Å²) >= 11 is 1.35. The summed E-state index contributed by atoms with van der Waals surface area (Å²) in [7, 11) is 0. The van der Waals surface area contributed by atoms with Crippen LogP contribution in [0.25, 0.3) is 0 Å². The Bertz CT molecular complexity index is 538. The molecule has 2 rings (SSSR count). The number of nitrogens with zero attached hydrogens (tertiary/aromatic N) is 3. The van der Waals surface area contributed by atoms with Gasteiger partial charge in [-0.05, 0) is 25.0 Å². The average Bonchev–Trinajstić information content (AvgIpc) is 2.75. The maximum absolute atomic E-state index is 11.9. The molecule has 0 atom stereocenters. The summed E-state index contributed by atoms with van der Waals surface area (Å²) in [5, 5.41) is 11.7. The van der Waals surface area contributed by atoms with Gasteiger partial charge < -0.3 is 0 Å². The number of rotatable bonds is 3. The highest BCUT2D eigenvalue weighted by atomic mass is 32.1. The predicted octanol–water partition coefficient (Wildman–Crippen LogP) is 2.06. The van der Waals surface area contributed by atoms with Crippen LogP contribution in [0.5, 0.6) is 0 Å². The van der Waals surface area contributed by atoms with E-state index in [9.17, 15) is 4.79 Å². The normalized spacial score (nSPS) is 10.2. The van der Waals surface area contributed by atoms with E-state index in [1.807, 2.05) is 19.9 Å². The van der Waals surface area contributed by atoms with E-state index in [0.717, 1.165) is 17.0 Å². The molecule has 5 nitrogen and oxygen atoms in total. The summed E-state index contributed by atoms with van der Waals surface area (Å²) in [5.74, 6) is -0.205. The number of hydrogen-bond donors (Lipinski definition) is 1. The number of hydrogen-bond acceptors (Lipinski definition) is 5. The molecule has 0 aromatic carbocycles. The molecule has 1 N–H and O–H groups in total. The van der Waals surface area contributed by atoms with Crippen LogP contribution >= 0.6 is 11.3 Å². The molecule has 0 saturated carbocycles. The van der Waals surface area contributed by atoms with Gasteiger partial charge in [-0.1, -0.05) is 18.3 Å². The lowest BCUT2D eigenvalue weighted by Gasteiger charge is -2.02. The first kappa shape index (κ1) is 11.7. The monoisotopic (exact) mass is 248 g/mol. The molecule has 0 aliphatic heterocycles. The maximum atomic E-state index is 11.9. The largest absolute Gasteiger partial charge is 0.296 e. The lowest BCUT2D eigenvalue weighted by molar-refractivity contribution is 0.102. The second-order valence-corrected chi connectivity index (χ2v) is 4.70. The molecule has 17 heavy (non-hydrogen) atoms. The Kier molecular flexibility index (Phi) is 3.43. The van der Waals surface area contributed by atoms with Gasteiger partial charge in [-0.25, -0.2) is 0 Å². The van der Waals surface area contributed by atoms with Gasteiger partial charge in [0, 0.05) is 12.4 Å². The molecule has 0 aliphatic carbocycles. The zero-order chi connectivity index (χ0) is 12.3. The second kappa shape index (κ2) is 5.01. The molecule has 0 spiro atoms. The molecule has 6 heteroatoms. The van der Waals surface area contributed by atoms with Crippen LogP contribution in [0, 0.1) is 6.92 Å². The van der Waals surface area contributed by atoms with E-state index in [4.69, 9.17) is 0 Å². The van der Waals surface area contributed by atoms with Gasteiger partial charge in [-0.3, -0.25) is 15.1 Å². The molecule has 2 aromatic heterocycles. The minimum Gasteiger partial charge on any atom is -0.296 e. The van der Waals surface area contributed by atoms with Crippen LogP contribution in [-0.2, 0) is 6.42 Å². The van der Waals surface area contributed by atoms with Crippen LogP contribution < -0.4 is 5.32 Å². The van der Waals surface area contributed by atoms with Gasteiger partial charge in [-0.15, -0.1) is 10.2 Å². The molecule has 0 bridgehead atoms. The number of carbonyl (C=O) groups excluding carboxylic acids is 1. The van der Waals surface area contributed by atoms with Gasteiger partial charge >= 0.3 is 0 Å². The molecule has 0 radical (unpaired) electrons. The van der Waals surface area contributed by atoms with Gasteiger partial charge in [0.05, 0.1) is 5.56 Å². The van der Waals surface area contributed by atoms with E-state index in [2.05, 4.69) is 20.5 Å². The third kappa shape index (κ3) is 2.85. The second-order valence-electron chi connectivity index (χ2n) is 3.52. The van der Waals surface area contributed by atoms with E-state index in [0.29, 0.717) is 10.7 Å². The summed E-state index contributed by atoms with van der Waals surface area (Å²) in [5.41, 5.74) is 1.57. The summed E-state index contributed by atoms with van der Waals surface area (Å²) in [4.78, 5) is 15.9. The molecule has 88 valence electrons. The van der Waals surface area contributed by atoms with Crippen molar-refractivity contribution in [2.75, 3.05) is 5.32 Å². The fraction of sp³-hybridized carbons (Fsp3) is 0.273. The molecule has 2 heterocycles. The van der Waals surface area contributed by atoms with Crippen molar-refractivity contribution in [3.8, 4) is 0 Å². The molecule has 2 aromatic rings. The smallest absolute Gasteiger partial charge is 0.259 e. The van der Waals surface area contributed by atoms with Crippen LogP contribution in [0.2, 0.25) is 0 Å². The van der Waals surface area contributed by atoms with Crippen LogP contribution in [0.3, 0.4) is 0 Å². The van der Waals surface area contributed by atoms with Crippen molar-refractivity contribution in [1.29, 1.82) is 0 Å². The zero-order valence-electron chi connectivity index (χ0n) is 9.60. The Morgan fingerprint density at radius 1 is 1.41 bits per heavy atom. The van der Waals surface area contributed by atoms with Gasteiger partial charge in [0.25, 0.3) is 5.91 Å². The van der Waals surface area contributed by atoms with Crippen molar-refractivity contribution in [3.05, 3.63) is 34.6 Å². The number of aryl methyl sites for hydroxylation is 2. The van der Waals surface area contributed by atoms with Crippen molar-refractivity contribution in [3.63, 3.8) is 0 Å². The van der Waals surface area contributed by atoms with Crippen molar-refractivity contribution in [2.45, 2.75) is 20.3 Å². The van der Waals surface area contributed by atoms with E-state index in [1.165, 1.54) is 11.3 Å². The standard InChI is InChI=1S/C11H12N4OS/c1-3-8-4-9(6-12-5-8)10(16)13-11-15-14-7(2)17-11/h4-6H,3H2,1-2H3,(H,13,15,16). The Hall–Kier alpha value is -1.82. The number of pyridine rings is 1. The Labute approximate surface area is 103 Å². The SMILES string of the molecule is CCc1cncc(C(=O)Nc2nnc(C)s2)c1. The summed E-state index contributed by atoms with van der Waals surface area (Å²) < 4.78 is 0. The molecule has 1 amide bonds. The lowest BCUT2D eigenvalue weighted by Crippen LogP contribution is -2.12. The van der Waals surface area contributed by atoms with Crippen LogP contribution in [0.15, 0.2) is 18.5 Å². The molecule has 0 unspecified atom stereocenters. The zero-order valence-corrected chi connectivity index (χ0v) is 10.4. The fourth-order valence-electron chi connectivity index (χ4n) is 1.32. The number of carbonyl (C=O) groups is 1. The maximum Gasteiger partial charge on any atom is 0.259 e. The third-order valence-electron chi connectivity index (χ3n) is 2.21. The predicted molar refractivity (Wildman–Crippen MR) is 66.2 cm³/mol. The number of anilines is 1. The van der Waals surface area contributed by atoms with Gasteiger partial charge in [0.1, 0.15) is 5.01 Å². The summed E-state index contributed by atoms with van der Waals surface area (Å²) in [6.45, 7) is 3.86. The Balaban J connectivity index is 2.14. The van der Waals surface area contributed by atoms with Crippen LogP contribution in [0.1, 0.15) is 27.9 Å². The van der Waals surface area contributed by atoms with Gasteiger partial charge in [-0.2, -0.15) is 0 Å². The fourth-order valence-corrected chi connectivity index (χ4v) is 1.91. The topological polar surface area (TPSA) is 67.8 Å². The number of nitrogens with one attached hydrogen (secondary N) is 1. The first-order valence-corrected chi connectivity index (χ1v) is 6.06. The quantitative estimate of drug-likeness (QED) is 0.902. The van der Waals surface area contributed by atoms with Crippen molar-refractivity contribution in [2.24, 2.45) is 0 Å². The first-order valence-electron chi connectivity index (χ1n) is 5.24. The van der Waals surface area contributed by atoms with Crippen LogP contribution in [-0.4, -0.2) is 21.1 Å². The van der Waals surface area contributed by atoms with E-state index in [1.54, 1.807) is 12.4 Å². The highest BCUT2D eigenvalue weighted by Crippen LogP contribution is 2.15.